The molecule has 0 aliphatic carbocycles. The molecule has 6 nitrogen and oxygen atoms in total. The van der Waals surface area contributed by atoms with Crippen LogP contribution in [0.1, 0.15) is 25.5 Å². The quantitative estimate of drug-likeness (QED) is 0.789. The maximum Gasteiger partial charge on any atom is 0.131 e. The van der Waals surface area contributed by atoms with E-state index in [0.29, 0.717) is 5.75 Å². The SMILES string of the molecule is COc1cc(OC)c([C@H](N2CCNCC2)C(C)(C)CO)c(OC)c1. The predicted molar refractivity (Wildman–Crippen MR) is 94.1 cm³/mol. The molecule has 0 aromatic heterocycles. The third kappa shape index (κ3) is 3.77. The van der Waals surface area contributed by atoms with Gasteiger partial charge in [0.05, 0.1) is 26.9 Å². The van der Waals surface area contributed by atoms with Crippen LogP contribution in [-0.2, 0) is 0 Å². The molecule has 0 amide bonds. The molecule has 1 atom stereocenters. The molecule has 0 bridgehead atoms. The van der Waals surface area contributed by atoms with Crippen LogP contribution in [0.4, 0.5) is 0 Å². The van der Waals surface area contributed by atoms with E-state index in [0.717, 1.165) is 43.2 Å². The van der Waals surface area contributed by atoms with Crippen LogP contribution in [0.2, 0.25) is 0 Å². The summed E-state index contributed by atoms with van der Waals surface area (Å²) < 4.78 is 16.7. The topological polar surface area (TPSA) is 63.2 Å². The minimum absolute atomic E-state index is 0.0274. The van der Waals surface area contributed by atoms with Crippen molar-refractivity contribution < 1.29 is 19.3 Å². The minimum atomic E-state index is -0.355. The molecule has 1 saturated heterocycles. The zero-order valence-electron chi connectivity index (χ0n) is 15.4. The Kier molecular flexibility index (Phi) is 6.32. The van der Waals surface area contributed by atoms with Gasteiger partial charge >= 0.3 is 0 Å². The molecule has 1 aromatic rings. The van der Waals surface area contributed by atoms with E-state index >= 15 is 0 Å². The number of aliphatic hydroxyl groups is 1. The summed E-state index contributed by atoms with van der Waals surface area (Å²) in [5.74, 6) is 2.13. The number of rotatable bonds is 7. The Labute approximate surface area is 144 Å². The standard InChI is InChI=1S/C18H30N2O4/c1-18(2,12-21)17(20-8-6-19-7-9-20)16-14(23-4)10-13(22-3)11-15(16)24-5/h10-11,17,19,21H,6-9,12H2,1-5H3/t17-/m0/s1. The van der Waals surface area contributed by atoms with E-state index in [1.807, 2.05) is 12.1 Å². The molecule has 1 aliphatic heterocycles. The molecule has 24 heavy (non-hydrogen) atoms. The second-order valence-electron chi connectivity index (χ2n) is 6.78. The van der Waals surface area contributed by atoms with Crippen LogP contribution in [0.5, 0.6) is 17.2 Å². The lowest BCUT2D eigenvalue weighted by Gasteiger charge is -2.44. The summed E-state index contributed by atoms with van der Waals surface area (Å²) in [6.45, 7) is 7.89. The van der Waals surface area contributed by atoms with Gasteiger partial charge in [-0.3, -0.25) is 4.90 Å². The molecule has 2 rings (SSSR count). The number of methoxy groups -OCH3 is 3. The van der Waals surface area contributed by atoms with E-state index in [1.165, 1.54) is 0 Å². The summed E-state index contributed by atoms with van der Waals surface area (Å²) in [5, 5.41) is 13.4. The van der Waals surface area contributed by atoms with E-state index in [4.69, 9.17) is 14.2 Å². The Balaban J connectivity index is 2.59. The Hall–Kier alpha value is -1.50. The summed E-state index contributed by atoms with van der Waals surface area (Å²) in [6, 6.07) is 3.72. The van der Waals surface area contributed by atoms with E-state index < -0.39 is 0 Å². The molecule has 1 heterocycles. The first-order valence-corrected chi connectivity index (χ1v) is 8.34. The lowest BCUT2D eigenvalue weighted by atomic mass is 9.79. The summed E-state index contributed by atoms with van der Waals surface area (Å²) in [6.07, 6.45) is 0. The molecule has 0 unspecified atom stereocenters. The Bertz CT molecular complexity index is 517. The van der Waals surface area contributed by atoms with Crippen LogP contribution in [0.15, 0.2) is 12.1 Å². The van der Waals surface area contributed by atoms with Crippen molar-refractivity contribution in [3.05, 3.63) is 17.7 Å². The van der Waals surface area contributed by atoms with E-state index in [1.54, 1.807) is 21.3 Å². The van der Waals surface area contributed by atoms with Crippen molar-refractivity contribution in [2.75, 3.05) is 54.1 Å². The van der Waals surface area contributed by atoms with Crippen molar-refractivity contribution >= 4 is 0 Å². The van der Waals surface area contributed by atoms with Crippen LogP contribution in [0.3, 0.4) is 0 Å². The normalized spacial score (nSPS) is 17.4. The lowest BCUT2D eigenvalue weighted by Crippen LogP contribution is -2.49. The van der Waals surface area contributed by atoms with Crippen LogP contribution < -0.4 is 19.5 Å². The molecule has 2 N–H and O–H groups in total. The molecular weight excluding hydrogens is 308 g/mol. The average molecular weight is 338 g/mol. The molecule has 1 aromatic carbocycles. The fourth-order valence-electron chi connectivity index (χ4n) is 3.40. The van der Waals surface area contributed by atoms with Gasteiger partial charge in [0.15, 0.2) is 0 Å². The lowest BCUT2D eigenvalue weighted by molar-refractivity contribution is 0.0279. The molecule has 0 saturated carbocycles. The predicted octanol–water partition coefficient (Wildman–Crippen LogP) is 1.68. The first kappa shape index (κ1) is 18.8. The molecule has 6 heteroatoms. The van der Waals surface area contributed by atoms with Gasteiger partial charge in [0.1, 0.15) is 17.2 Å². The summed E-state index contributed by atoms with van der Waals surface area (Å²) >= 11 is 0. The second kappa shape index (κ2) is 8.05. The van der Waals surface area contributed by atoms with Gasteiger partial charge in [0.25, 0.3) is 0 Å². The number of piperazine rings is 1. The maximum atomic E-state index is 10.0. The van der Waals surface area contributed by atoms with Gasteiger partial charge < -0.3 is 24.6 Å². The van der Waals surface area contributed by atoms with Crippen molar-refractivity contribution in [2.45, 2.75) is 19.9 Å². The fourth-order valence-corrected chi connectivity index (χ4v) is 3.40. The number of aliphatic hydroxyl groups excluding tert-OH is 1. The highest BCUT2D eigenvalue weighted by atomic mass is 16.5. The third-order valence-corrected chi connectivity index (χ3v) is 4.69. The maximum absolute atomic E-state index is 10.0. The fraction of sp³-hybridized carbons (Fsp3) is 0.667. The monoisotopic (exact) mass is 338 g/mol. The highest BCUT2D eigenvalue weighted by molar-refractivity contribution is 5.53. The number of hydrogen-bond acceptors (Lipinski definition) is 6. The van der Waals surface area contributed by atoms with Crippen LogP contribution in [0.25, 0.3) is 0 Å². The third-order valence-electron chi connectivity index (χ3n) is 4.69. The smallest absolute Gasteiger partial charge is 0.131 e. The second-order valence-corrected chi connectivity index (χ2v) is 6.78. The van der Waals surface area contributed by atoms with Gasteiger partial charge in [-0.1, -0.05) is 13.8 Å². The average Bonchev–Trinajstić information content (AvgIpc) is 2.62. The van der Waals surface area contributed by atoms with Crippen molar-refractivity contribution in [1.29, 1.82) is 0 Å². The number of ether oxygens (including phenoxy) is 3. The largest absolute Gasteiger partial charge is 0.496 e. The number of hydrogen-bond donors (Lipinski definition) is 2. The van der Waals surface area contributed by atoms with Gasteiger partial charge in [-0.05, 0) is 0 Å². The van der Waals surface area contributed by atoms with Crippen molar-refractivity contribution in [2.24, 2.45) is 5.41 Å². The zero-order chi connectivity index (χ0) is 17.7. The highest BCUT2D eigenvalue weighted by Crippen LogP contribution is 2.47. The Morgan fingerprint density at radius 1 is 1.08 bits per heavy atom. The highest BCUT2D eigenvalue weighted by Gasteiger charge is 2.39. The van der Waals surface area contributed by atoms with Crippen LogP contribution in [-0.4, -0.2) is 64.1 Å². The van der Waals surface area contributed by atoms with E-state index in [-0.39, 0.29) is 18.1 Å². The minimum Gasteiger partial charge on any atom is -0.496 e. The number of nitrogens with one attached hydrogen (secondary N) is 1. The van der Waals surface area contributed by atoms with Gasteiger partial charge in [0, 0.05) is 56.4 Å². The van der Waals surface area contributed by atoms with E-state index in [9.17, 15) is 5.11 Å². The van der Waals surface area contributed by atoms with Crippen LogP contribution in [0, 0.1) is 5.41 Å². The molecule has 136 valence electrons. The number of nitrogens with zero attached hydrogens (tertiary/aromatic N) is 1. The van der Waals surface area contributed by atoms with Gasteiger partial charge in [0.2, 0.25) is 0 Å². The summed E-state index contributed by atoms with van der Waals surface area (Å²) in [4.78, 5) is 2.39. The Morgan fingerprint density at radius 3 is 2.04 bits per heavy atom. The molecule has 1 aliphatic rings. The first-order valence-electron chi connectivity index (χ1n) is 8.34. The van der Waals surface area contributed by atoms with Crippen molar-refractivity contribution in [3.8, 4) is 17.2 Å². The van der Waals surface area contributed by atoms with E-state index in [2.05, 4.69) is 24.1 Å². The van der Waals surface area contributed by atoms with Gasteiger partial charge in [-0.25, -0.2) is 0 Å². The Morgan fingerprint density at radius 2 is 1.62 bits per heavy atom. The van der Waals surface area contributed by atoms with Gasteiger partial charge in [-0.15, -0.1) is 0 Å². The number of benzene rings is 1. The first-order chi connectivity index (χ1) is 11.5. The summed E-state index contributed by atoms with van der Waals surface area (Å²) in [7, 11) is 4.93. The molecule has 0 radical (unpaired) electrons. The molecule has 0 spiro atoms. The van der Waals surface area contributed by atoms with Crippen LogP contribution >= 0.6 is 0 Å². The van der Waals surface area contributed by atoms with Crippen molar-refractivity contribution in [3.63, 3.8) is 0 Å². The van der Waals surface area contributed by atoms with Crippen molar-refractivity contribution in [1.82, 2.24) is 10.2 Å². The van der Waals surface area contributed by atoms with Gasteiger partial charge in [-0.2, -0.15) is 0 Å². The molecular formula is C18H30N2O4. The zero-order valence-corrected chi connectivity index (χ0v) is 15.4. The molecule has 1 fully saturated rings. The summed E-state index contributed by atoms with van der Waals surface area (Å²) in [5.41, 5.74) is 0.605.